The van der Waals surface area contributed by atoms with Gasteiger partial charge in [-0.1, -0.05) is 12.1 Å². The Morgan fingerprint density at radius 1 is 1.22 bits per heavy atom. The summed E-state index contributed by atoms with van der Waals surface area (Å²) in [6, 6.07) is 5.79. The van der Waals surface area contributed by atoms with Crippen LogP contribution in [-0.4, -0.2) is 16.7 Å². The van der Waals surface area contributed by atoms with Crippen LogP contribution in [0.5, 0.6) is 0 Å². The summed E-state index contributed by atoms with van der Waals surface area (Å²) in [5.74, 6) is -0.778. The van der Waals surface area contributed by atoms with Crippen molar-refractivity contribution in [1.82, 2.24) is 4.98 Å². The van der Waals surface area contributed by atoms with Crippen molar-refractivity contribution in [3.63, 3.8) is 0 Å². The lowest BCUT2D eigenvalue weighted by atomic mass is 10.0. The van der Waals surface area contributed by atoms with Crippen molar-refractivity contribution in [1.29, 1.82) is 0 Å². The maximum Gasteiger partial charge on any atom is 0.195 e. The predicted octanol–water partition coefficient (Wildman–Crippen LogP) is 3.21. The highest BCUT2D eigenvalue weighted by Crippen LogP contribution is 2.44. The van der Waals surface area contributed by atoms with Crippen LogP contribution >= 0.6 is 0 Å². The molecule has 0 bridgehead atoms. The molecule has 2 unspecified atom stereocenters. The van der Waals surface area contributed by atoms with Gasteiger partial charge in [0.1, 0.15) is 5.52 Å². The van der Waals surface area contributed by atoms with Crippen LogP contribution in [0.2, 0.25) is 0 Å². The van der Waals surface area contributed by atoms with Gasteiger partial charge < -0.3 is 13.9 Å². The molecule has 4 heteroatoms. The Morgan fingerprint density at radius 2 is 2.00 bits per heavy atom. The highest BCUT2D eigenvalue weighted by molar-refractivity contribution is 5.76. The molecule has 1 saturated heterocycles. The first-order valence-electron chi connectivity index (χ1n) is 6.13. The molecule has 0 aliphatic carbocycles. The first kappa shape index (κ1) is 11.7. The fraction of sp³-hybridized carbons (Fsp3) is 0.500. The molecule has 18 heavy (non-hydrogen) atoms. The van der Waals surface area contributed by atoms with Crippen LogP contribution in [0.15, 0.2) is 29.0 Å². The van der Waals surface area contributed by atoms with E-state index in [2.05, 4.69) is 4.98 Å². The second kappa shape index (κ2) is 3.56. The lowest BCUT2D eigenvalue weighted by Crippen LogP contribution is -2.31. The van der Waals surface area contributed by atoms with Gasteiger partial charge in [0, 0.05) is 5.56 Å². The molecule has 4 nitrogen and oxygen atoms in total. The van der Waals surface area contributed by atoms with Gasteiger partial charge >= 0.3 is 0 Å². The third-order valence-corrected chi connectivity index (χ3v) is 3.69. The SMILES string of the molecule is CC1OC(C)(c2cccc3ocnc23)OC1(C)C. The van der Waals surface area contributed by atoms with Crippen LogP contribution in [0.4, 0.5) is 0 Å². The zero-order chi connectivity index (χ0) is 13.0. The molecular formula is C14H17NO3. The van der Waals surface area contributed by atoms with Crippen molar-refractivity contribution in [3.8, 4) is 0 Å². The number of oxazole rings is 1. The number of fused-ring (bicyclic) bond motifs is 1. The molecule has 0 saturated carbocycles. The van der Waals surface area contributed by atoms with E-state index in [0.29, 0.717) is 0 Å². The average Bonchev–Trinajstić information content (AvgIpc) is 2.81. The molecule has 2 aromatic rings. The number of ether oxygens (including phenoxy) is 2. The van der Waals surface area contributed by atoms with Crippen molar-refractivity contribution in [2.24, 2.45) is 0 Å². The van der Waals surface area contributed by atoms with Crippen molar-refractivity contribution in [2.75, 3.05) is 0 Å². The molecule has 1 aromatic carbocycles. The van der Waals surface area contributed by atoms with Gasteiger partial charge in [-0.05, 0) is 33.8 Å². The summed E-state index contributed by atoms with van der Waals surface area (Å²) < 4.78 is 17.5. The van der Waals surface area contributed by atoms with E-state index in [0.717, 1.165) is 16.7 Å². The highest BCUT2D eigenvalue weighted by Gasteiger charge is 2.49. The minimum absolute atomic E-state index is 0.0182. The molecule has 3 rings (SSSR count). The number of hydrogen-bond donors (Lipinski definition) is 0. The lowest BCUT2D eigenvalue weighted by molar-refractivity contribution is -0.178. The normalized spacial score (nSPS) is 31.0. The molecule has 0 N–H and O–H groups in total. The molecular weight excluding hydrogens is 230 g/mol. The van der Waals surface area contributed by atoms with Crippen molar-refractivity contribution in [3.05, 3.63) is 30.2 Å². The van der Waals surface area contributed by atoms with E-state index < -0.39 is 5.79 Å². The molecule has 2 heterocycles. The van der Waals surface area contributed by atoms with Crippen LogP contribution in [0.1, 0.15) is 33.3 Å². The Kier molecular flexibility index (Phi) is 2.31. The smallest absolute Gasteiger partial charge is 0.195 e. The quantitative estimate of drug-likeness (QED) is 0.776. The van der Waals surface area contributed by atoms with Gasteiger partial charge in [0.05, 0.1) is 11.7 Å². The highest BCUT2D eigenvalue weighted by atomic mass is 16.8. The largest absolute Gasteiger partial charge is 0.443 e. The van der Waals surface area contributed by atoms with Crippen LogP contribution in [0.3, 0.4) is 0 Å². The Balaban J connectivity index is 2.13. The second-order valence-electron chi connectivity index (χ2n) is 5.42. The van der Waals surface area contributed by atoms with E-state index in [1.165, 1.54) is 6.39 Å². The van der Waals surface area contributed by atoms with Crippen LogP contribution in [0, 0.1) is 0 Å². The summed E-state index contributed by atoms with van der Waals surface area (Å²) in [6.07, 6.45) is 1.46. The summed E-state index contributed by atoms with van der Waals surface area (Å²) in [6.45, 7) is 8.02. The van der Waals surface area contributed by atoms with Gasteiger partial charge in [-0.15, -0.1) is 0 Å². The van der Waals surface area contributed by atoms with Gasteiger partial charge in [0.15, 0.2) is 17.8 Å². The summed E-state index contributed by atoms with van der Waals surface area (Å²) in [5.41, 5.74) is 2.13. The number of benzene rings is 1. The molecule has 1 fully saturated rings. The summed E-state index contributed by atoms with van der Waals surface area (Å²) in [4.78, 5) is 4.25. The van der Waals surface area contributed by atoms with Crippen LogP contribution < -0.4 is 0 Å². The fourth-order valence-electron chi connectivity index (χ4n) is 2.46. The topological polar surface area (TPSA) is 44.5 Å². The maximum atomic E-state index is 6.11. The van der Waals surface area contributed by atoms with E-state index in [1.54, 1.807) is 0 Å². The minimum Gasteiger partial charge on any atom is -0.443 e. The number of rotatable bonds is 1. The summed E-state index contributed by atoms with van der Waals surface area (Å²) in [7, 11) is 0. The Morgan fingerprint density at radius 3 is 2.67 bits per heavy atom. The molecule has 0 spiro atoms. The molecule has 1 aromatic heterocycles. The zero-order valence-electron chi connectivity index (χ0n) is 11.1. The van der Waals surface area contributed by atoms with E-state index >= 15 is 0 Å². The lowest BCUT2D eigenvalue weighted by Gasteiger charge is -2.25. The predicted molar refractivity (Wildman–Crippen MR) is 67.1 cm³/mol. The monoisotopic (exact) mass is 247 g/mol. The standard InChI is InChI=1S/C14H17NO3/c1-9-13(2,3)18-14(4,17-9)10-6-5-7-11-12(10)15-8-16-11/h5-9H,1-4H3. The second-order valence-corrected chi connectivity index (χ2v) is 5.42. The number of nitrogens with zero attached hydrogens (tertiary/aromatic N) is 1. The van der Waals surface area contributed by atoms with Crippen molar-refractivity contribution < 1.29 is 13.9 Å². The molecule has 1 aliphatic heterocycles. The minimum atomic E-state index is -0.778. The zero-order valence-corrected chi connectivity index (χ0v) is 11.1. The van der Waals surface area contributed by atoms with Gasteiger partial charge in [0.25, 0.3) is 0 Å². The third-order valence-electron chi connectivity index (χ3n) is 3.69. The van der Waals surface area contributed by atoms with Gasteiger partial charge in [-0.3, -0.25) is 0 Å². The van der Waals surface area contributed by atoms with E-state index in [4.69, 9.17) is 13.9 Å². The molecule has 0 amide bonds. The molecule has 2 atom stereocenters. The summed E-state index contributed by atoms with van der Waals surface area (Å²) >= 11 is 0. The number of aromatic nitrogens is 1. The fourth-order valence-corrected chi connectivity index (χ4v) is 2.46. The molecule has 96 valence electrons. The van der Waals surface area contributed by atoms with Crippen molar-refractivity contribution in [2.45, 2.75) is 45.2 Å². The van der Waals surface area contributed by atoms with Gasteiger partial charge in [-0.25, -0.2) is 4.98 Å². The Labute approximate surface area is 106 Å². The Hall–Kier alpha value is -1.39. The first-order chi connectivity index (χ1) is 8.42. The molecule has 1 aliphatic rings. The average molecular weight is 247 g/mol. The molecule has 0 radical (unpaired) electrons. The Bertz CT molecular complexity index is 589. The van der Waals surface area contributed by atoms with Crippen LogP contribution in [-0.2, 0) is 15.3 Å². The number of para-hydroxylation sites is 1. The van der Waals surface area contributed by atoms with Gasteiger partial charge in [-0.2, -0.15) is 0 Å². The first-order valence-corrected chi connectivity index (χ1v) is 6.13. The van der Waals surface area contributed by atoms with Crippen LogP contribution in [0.25, 0.3) is 11.1 Å². The van der Waals surface area contributed by atoms with E-state index in [9.17, 15) is 0 Å². The van der Waals surface area contributed by atoms with Gasteiger partial charge in [0.2, 0.25) is 0 Å². The third kappa shape index (κ3) is 1.56. The summed E-state index contributed by atoms with van der Waals surface area (Å²) in [5, 5.41) is 0. The van der Waals surface area contributed by atoms with E-state index in [-0.39, 0.29) is 11.7 Å². The number of hydrogen-bond acceptors (Lipinski definition) is 4. The van der Waals surface area contributed by atoms with Crippen molar-refractivity contribution >= 4 is 11.1 Å². The maximum absolute atomic E-state index is 6.11. The van der Waals surface area contributed by atoms with E-state index in [1.807, 2.05) is 45.9 Å².